The molecular weight excluding hydrogens is 320 g/mol. The van der Waals surface area contributed by atoms with Crippen molar-refractivity contribution in [1.82, 2.24) is 14.7 Å². The number of aromatic nitrogens is 2. The minimum absolute atomic E-state index is 0.0000647. The second-order valence-corrected chi connectivity index (χ2v) is 7.35. The molecule has 7 heteroatoms. The van der Waals surface area contributed by atoms with Crippen LogP contribution in [0.25, 0.3) is 0 Å². The molecule has 0 spiro atoms. The summed E-state index contributed by atoms with van der Waals surface area (Å²) < 4.78 is 7.23. The molecule has 0 aromatic carbocycles. The van der Waals surface area contributed by atoms with Gasteiger partial charge in [0.25, 0.3) is 5.91 Å². The van der Waals surface area contributed by atoms with E-state index in [2.05, 4.69) is 11.0 Å². The fourth-order valence-electron chi connectivity index (χ4n) is 3.22. The van der Waals surface area contributed by atoms with Crippen LogP contribution in [0.15, 0.2) is 0 Å². The van der Waals surface area contributed by atoms with Crippen LogP contribution in [0.1, 0.15) is 68.8 Å². The number of amides is 2. The molecule has 1 aromatic rings. The minimum atomic E-state index is -0.578. The van der Waals surface area contributed by atoms with Crippen LogP contribution in [0.3, 0.4) is 0 Å². The SMILES string of the molecule is C#Cc1nn([C@H]2C[C@@H](C)N(C(=O)OC(C)(C)C)C2)c(CC)c1C(N)=O. The van der Waals surface area contributed by atoms with E-state index in [0.717, 1.165) is 0 Å². The van der Waals surface area contributed by atoms with Gasteiger partial charge in [0.1, 0.15) is 11.3 Å². The summed E-state index contributed by atoms with van der Waals surface area (Å²) in [5, 5.41) is 4.41. The van der Waals surface area contributed by atoms with Gasteiger partial charge in [-0.3, -0.25) is 9.48 Å². The first-order valence-corrected chi connectivity index (χ1v) is 8.46. The van der Waals surface area contributed by atoms with Crippen LogP contribution in [-0.4, -0.2) is 44.9 Å². The van der Waals surface area contributed by atoms with E-state index in [4.69, 9.17) is 16.9 Å². The lowest BCUT2D eigenvalue weighted by Crippen LogP contribution is -2.39. The molecule has 0 aliphatic carbocycles. The Morgan fingerprint density at radius 3 is 2.56 bits per heavy atom. The molecule has 2 rings (SSSR count). The third-order valence-corrected chi connectivity index (χ3v) is 4.25. The Hall–Kier alpha value is -2.49. The van der Waals surface area contributed by atoms with Crippen molar-refractivity contribution in [3.05, 3.63) is 17.0 Å². The molecule has 1 aliphatic rings. The summed E-state index contributed by atoms with van der Waals surface area (Å²) in [5.41, 5.74) is 6.20. The number of likely N-dealkylation sites (tertiary alicyclic amines) is 1. The van der Waals surface area contributed by atoms with Crippen LogP contribution in [0, 0.1) is 12.3 Å². The third-order valence-electron chi connectivity index (χ3n) is 4.25. The van der Waals surface area contributed by atoms with Gasteiger partial charge in [0.2, 0.25) is 0 Å². The predicted molar refractivity (Wildman–Crippen MR) is 94.1 cm³/mol. The maximum absolute atomic E-state index is 12.4. The van der Waals surface area contributed by atoms with Crippen molar-refractivity contribution < 1.29 is 14.3 Å². The highest BCUT2D eigenvalue weighted by Gasteiger charge is 2.38. The quantitative estimate of drug-likeness (QED) is 0.849. The minimum Gasteiger partial charge on any atom is -0.444 e. The average molecular weight is 346 g/mol. The summed E-state index contributed by atoms with van der Waals surface area (Å²) in [6.07, 6.45) is 6.41. The molecule has 0 bridgehead atoms. The van der Waals surface area contributed by atoms with Crippen molar-refractivity contribution in [3.8, 4) is 12.3 Å². The van der Waals surface area contributed by atoms with Crippen molar-refractivity contribution >= 4 is 12.0 Å². The van der Waals surface area contributed by atoms with Gasteiger partial charge >= 0.3 is 6.09 Å². The smallest absolute Gasteiger partial charge is 0.410 e. The Kier molecular flexibility index (Phi) is 5.12. The lowest BCUT2D eigenvalue weighted by molar-refractivity contribution is 0.0233. The highest BCUT2D eigenvalue weighted by molar-refractivity contribution is 5.96. The van der Waals surface area contributed by atoms with Crippen LogP contribution in [0.5, 0.6) is 0 Å². The first-order chi connectivity index (χ1) is 11.6. The van der Waals surface area contributed by atoms with Crippen molar-refractivity contribution in [3.63, 3.8) is 0 Å². The summed E-state index contributed by atoms with van der Waals surface area (Å²) >= 11 is 0. The topological polar surface area (TPSA) is 90.4 Å². The first kappa shape index (κ1) is 18.8. The van der Waals surface area contributed by atoms with Crippen molar-refractivity contribution in [2.75, 3.05) is 6.54 Å². The number of hydrogen-bond acceptors (Lipinski definition) is 4. The standard InChI is InChI=1S/C18H26N4O3/c1-7-13-15(16(19)23)14(8-2)22(20-13)12-9-11(3)21(10-12)17(24)25-18(4,5)6/h1,11-12H,8-10H2,2-6H3,(H2,19,23)/t11-,12+/m1/s1. The number of hydrogen-bond donors (Lipinski definition) is 1. The summed E-state index contributed by atoms with van der Waals surface area (Å²) in [5.74, 6) is 1.86. The average Bonchev–Trinajstić information content (AvgIpc) is 3.05. The van der Waals surface area contributed by atoms with Crippen LogP contribution in [0.2, 0.25) is 0 Å². The van der Waals surface area contributed by atoms with E-state index in [0.29, 0.717) is 30.6 Å². The number of terminal acetylenes is 1. The molecule has 2 N–H and O–H groups in total. The number of carbonyl (C=O) groups excluding carboxylic acids is 2. The number of nitrogens with zero attached hydrogens (tertiary/aromatic N) is 3. The van der Waals surface area contributed by atoms with Crippen LogP contribution >= 0.6 is 0 Å². The van der Waals surface area contributed by atoms with Gasteiger partial charge < -0.3 is 15.4 Å². The number of carbonyl (C=O) groups is 2. The second kappa shape index (κ2) is 6.79. The van der Waals surface area contributed by atoms with Gasteiger partial charge in [-0.2, -0.15) is 5.10 Å². The molecule has 7 nitrogen and oxygen atoms in total. The van der Waals surface area contributed by atoms with Crippen molar-refractivity contribution in [2.45, 2.75) is 65.1 Å². The van der Waals surface area contributed by atoms with Gasteiger partial charge in [-0.15, -0.1) is 6.42 Å². The molecule has 1 aliphatic heterocycles. The highest BCUT2D eigenvalue weighted by atomic mass is 16.6. The van der Waals surface area contributed by atoms with Gasteiger partial charge in [0.15, 0.2) is 0 Å². The van der Waals surface area contributed by atoms with Crippen LogP contribution < -0.4 is 5.73 Å². The third kappa shape index (κ3) is 3.78. The molecule has 25 heavy (non-hydrogen) atoms. The molecule has 1 aromatic heterocycles. The Morgan fingerprint density at radius 1 is 1.44 bits per heavy atom. The molecule has 2 amide bonds. The van der Waals surface area contributed by atoms with E-state index in [1.165, 1.54) is 0 Å². The van der Waals surface area contributed by atoms with E-state index in [1.54, 1.807) is 9.58 Å². The van der Waals surface area contributed by atoms with Crippen molar-refractivity contribution in [1.29, 1.82) is 0 Å². The van der Waals surface area contributed by atoms with Gasteiger partial charge in [0, 0.05) is 12.6 Å². The van der Waals surface area contributed by atoms with Gasteiger partial charge in [-0.25, -0.2) is 4.79 Å². The maximum Gasteiger partial charge on any atom is 0.410 e. The zero-order valence-electron chi connectivity index (χ0n) is 15.5. The molecule has 1 fully saturated rings. The molecule has 2 heterocycles. The number of ether oxygens (including phenoxy) is 1. The summed E-state index contributed by atoms with van der Waals surface area (Å²) in [4.78, 5) is 25.9. The van der Waals surface area contributed by atoms with Crippen molar-refractivity contribution in [2.24, 2.45) is 5.73 Å². The Balaban J connectivity index is 2.31. The fraction of sp³-hybridized carbons (Fsp3) is 0.611. The summed E-state index contributed by atoms with van der Waals surface area (Å²) in [6, 6.07) is -0.0715. The lowest BCUT2D eigenvalue weighted by Gasteiger charge is -2.26. The predicted octanol–water partition coefficient (Wildman–Crippen LogP) is 2.10. The molecule has 136 valence electrons. The second-order valence-electron chi connectivity index (χ2n) is 7.35. The van der Waals surface area contributed by atoms with E-state index >= 15 is 0 Å². The molecule has 0 saturated carbocycles. The van der Waals surface area contributed by atoms with Gasteiger partial charge in [0.05, 0.1) is 17.3 Å². The lowest BCUT2D eigenvalue weighted by atomic mass is 10.1. The van der Waals surface area contributed by atoms with E-state index in [1.807, 2.05) is 34.6 Å². The molecular formula is C18H26N4O3. The zero-order valence-corrected chi connectivity index (χ0v) is 15.5. The highest BCUT2D eigenvalue weighted by Crippen LogP contribution is 2.31. The van der Waals surface area contributed by atoms with E-state index < -0.39 is 11.5 Å². The number of nitrogens with two attached hydrogens (primary N) is 1. The van der Waals surface area contributed by atoms with E-state index in [9.17, 15) is 9.59 Å². The fourth-order valence-corrected chi connectivity index (χ4v) is 3.22. The monoisotopic (exact) mass is 346 g/mol. The Morgan fingerprint density at radius 2 is 2.08 bits per heavy atom. The normalized spacial score (nSPS) is 20.4. The molecule has 2 atom stereocenters. The molecule has 0 unspecified atom stereocenters. The Labute approximate surface area is 148 Å². The van der Waals surface area contributed by atoms with Crippen LogP contribution in [0.4, 0.5) is 4.79 Å². The van der Waals surface area contributed by atoms with Crippen LogP contribution in [-0.2, 0) is 11.2 Å². The van der Waals surface area contributed by atoms with E-state index in [-0.39, 0.29) is 23.9 Å². The first-order valence-electron chi connectivity index (χ1n) is 8.46. The Bertz CT molecular complexity index is 724. The number of primary amides is 1. The molecule has 1 saturated heterocycles. The van der Waals surface area contributed by atoms with Gasteiger partial charge in [-0.05, 0) is 46.5 Å². The zero-order chi connectivity index (χ0) is 18.9. The van der Waals surface area contributed by atoms with Gasteiger partial charge in [-0.1, -0.05) is 6.92 Å². The summed E-state index contributed by atoms with van der Waals surface area (Å²) in [6.45, 7) is 9.85. The maximum atomic E-state index is 12.4. The molecule has 0 radical (unpaired) electrons. The summed E-state index contributed by atoms with van der Waals surface area (Å²) in [7, 11) is 0. The number of rotatable bonds is 3. The largest absolute Gasteiger partial charge is 0.444 e.